The number of benzene rings is 2. The fourth-order valence-corrected chi connectivity index (χ4v) is 4.70. The van der Waals surface area contributed by atoms with Gasteiger partial charge in [-0.3, -0.25) is 0 Å². The number of fused-ring (bicyclic) bond motifs is 2. The first-order valence-electron chi connectivity index (χ1n) is 11.8. The summed E-state index contributed by atoms with van der Waals surface area (Å²) in [6.07, 6.45) is 5.18. The van der Waals surface area contributed by atoms with Crippen LogP contribution in [-0.4, -0.2) is 15.6 Å². The molecule has 5 aromatic rings. The minimum absolute atomic E-state index is 0.130. The number of aryl methyl sites for hydroxylation is 1. The fourth-order valence-electron chi connectivity index (χ4n) is 4.70. The van der Waals surface area contributed by atoms with Gasteiger partial charge in [0, 0.05) is 16.9 Å². The molecule has 0 saturated carbocycles. The number of aromatic nitrogens is 2. The van der Waals surface area contributed by atoms with E-state index in [1.54, 1.807) is 48.7 Å². The van der Waals surface area contributed by atoms with Crippen LogP contribution in [0.5, 0.6) is 0 Å². The monoisotopic (exact) mass is 478 g/mol. The Bertz CT molecular complexity index is 1690. The van der Waals surface area contributed by atoms with Crippen molar-refractivity contribution in [3.8, 4) is 17.0 Å². The smallest absolute Gasteiger partial charge is 0.427 e. The molecule has 8 nitrogen and oxygen atoms in total. The van der Waals surface area contributed by atoms with E-state index in [9.17, 15) is 9.59 Å². The van der Waals surface area contributed by atoms with Crippen LogP contribution in [0.3, 0.4) is 0 Å². The zero-order valence-corrected chi connectivity index (χ0v) is 19.3. The van der Waals surface area contributed by atoms with Crippen molar-refractivity contribution in [2.24, 2.45) is 4.99 Å². The van der Waals surface area contributed by atoms with Crippen LogP contribution in [0.1, 0.15) is 24.1 Å². The molecule has 6 rings (SSSR count). The summed E-state index contributed by atoms with van der Waals surface area (Å²) in [5.41, 5.74) is 4.02. The molecule has 0 fully saturated rings. The van der Waals surface area contributed by atoms with Crippen molar-refractivity contribution in [2.75, 3.05) is 5.32 Å². The standard InChI is InChI=1S/C28H22N4O4/c33-27(29-18-10-3-1-4-11-18)31-25-24-23(22-16-9-17-35-22)20-14-7-8-15-21(20)30-26(24)36-28(34)32(25)19-12-5-2-6-13-19/h1-6,9-13,16-17H,7-8,14-15H2,(H,29,33)/b31-25+. The van der Waals surface area contributed by atoms with Gasteiger partial charge in [0.25, 0.3) is 0 Å². The molecule has 0 radical (unpaired) electrons. The minimum atomic E-state index is -0.686. The summed E-state index contributed by atoms with van der Waals surface area (Å²) in [7, 11) is 0. The summed E-state index contributed by atoms with van der Waals surface area (Å²) in [5.74, 6) is -0.0810. The Morgan fingerprint density at radius 1 is 0.944 bits per heavy atom. The van der Waals surface area contributed by atoms with Crippen molar-refractivity contribution < 1.29 is 13.6 Å². The van der Waals surface area contributed by atoms with Crippen LogP contribution in [0.15, 0.2) is 97.7 Å². The number of carbonyl (C=O) groups is 1. The van der Waals surface area contributed by atoms with E-state index < -0.39 is 11.8 Å². The molecule has 0 unspecified atom stereocenters. The van der Waals surface area contributed by atoms with Gasteiger partial charge in [-0.05, 0) is 67.6 Å². The summed E-state index contributed by atoms with van der Waals surface area (Å²) in [6.45, 7) is 0. The molecule has 0 bridgehead atoms. The molecule has 2 amide bonds. The van der Waals surface area contributed by atoms with Gasteiger partial charge < -0.3 is 14.2 Å². The Hall–Kier alpha value is -4.72. The maximum absolute atomic E-state index is 13.3. The topological polar surface area (TPSA) is 103 Å². The molecule has 1 aliphatic carbocycles. The summed E-state index contributed by atoms with van der Waals surface area (Å²) >= 11 is 0. The van der Waals surface area contributed by atoms with Crippen molar-refractivity contribution in [1.29, 1.82) is 0 Å². The van der Waals surface area contributed by atoms with E-state index in [-0.39, 0.29) is 11.2 Å². The van der Waals surface area contributed by atoms with Crippen LogP contribution in [0.25, 0.3) is 28.1 Å². The molecule has 0 spiro atoms. The van der Waals surface area contributed by atoms with E-state index in [1.807, 2.05) is 30.3 Å². The van der Waals surface area contributed by atoms with Gasteiger partial charge in [-0.15, -0.1) is 0 Å². The second-order valence-corrected chi connectivity index (χ2v) is 8.55. The summed E-state index contributed by atoms with van der Waals surface area (Å²) in [4.78, 5) is 35.6. The second-order valence-electron chi connectivity index (χ2n) is 8.55. The van der Waals surface area contributed by atoms with Gasteiger partial charge in [0.15, 0.2) is 5.49 Å². The fraction of sp³-hybridized carbons (Fsp3) is 0.143. The van der Waals surface area contributed by atoms with Crippen LogP contribution in [0.4, 0.5) is 10.5 Å². The number of nitrogens with zero attached hydrogens (tertiary/aromatic N) is 3. The number of rotatable bonds is 3. The minimum Gasteiger partial charge on any atom is -0.464 e. The lowest BCUT2D eigenvalue weighted by Gasteiger charge is -2.20. The maximum atomic E-state index is 13.3. The summed E-state index contributed by atoms with van der Waals surface area (Å²) < 4.78 is 12.9. The Labute approximate surface area is 205 Å². The molecule has 178 valence electrons. The Kier molecular flexibility index (Phi) is 5.53. The van der Waals surface area contributed by atoms with Crippen LogP contribution in [-0.2, 0) is 12.8 Å². The number of amides is 2. The van der Waals surface area contributed by atoms with Crippen LogP contribution in [0, 0.1) is 0 Å². The zero-order chi connectivity index (χ0) is 24.5. The highest BCUT2D eigenvalue weighted by Gasteiger charge is 2.25. The number of hydrogen-bond acceptors (Lipinski definition) is 5. The summed E-state index contributed by atoms with van der Waals surface area (Å²) in [5, 5.41) is 3.23. The Balaban J connectivity index is 1.72. The number of furan rings is 1. The first kappa shape index (κ1) is 21.8. The van der Waals surface area contributed by atoms with Gasteiger partial charge in [-0.1, -0.05) is 36.4 Å². The predicted octanol–water partition coefficient (Wildman–Crippen LogP) is 5.25. The van der Waals surface area contributed by atoms with E-state index in [2.05, 4.69) is 10.3 Å². The third kappa shape index (κ3) is 3.92. The molecule has 3 heterocycles. The van der Waals surface area contributed by atoms with E-state index in [0.717, 1.165) is 42.5 Å². The number of hydrogen-bond donors (Lipinski definition) is 1. The number of para-hydroxylation sites is 2. The van der Waals surface area contributed by atoms with Crippen molar-refractivity contribution in [3.63, 3.8) is 0 Å². The molecule has 0 atom stereocenters. The molecular formula is C28H22N4O4. The van der Waals surface area contributed by atoms with Gasteiger partial charge in [0.05, 0.1) is 17.3 Å². The van der Waals surface area contributed by atoms with E-state index in [1.165, 1.54) is 4.57 Å². The lowest BCUT2D eigenvalue weighted by molar-refractivity contribution is 0.258. The first-order chi connectivity index (χ1) is 17.7. The molecule has 1 N–H and O–H groups in total. The van der Waals surface area contributed by atoms with Crippen molar-refractivity contribution in [2.45, 2.75) is 25.7 Å². The molecular weight excluding hydrogens is 456 g/mol. The maximum Gasteiger partial charge on any atom is 0.427 e. The largest absolute Gasteiger partial charge is 0.464 e. The SMILES string of the molecule is O=C(/N=c1\c2c(-c3ccco3)c3c(nc2oc(=O)n1-c1ccccc1)CCCC3)Nc1ccccc1. The number of nitrogens with one attached hydrogen (secondary N) is 1. The van der Waals surface area contributed by atoms with E-state index in [0.29, 0.717) is 22.5 Å². The molecule has 36 heavy (non-hydrogen) atoms. The zero-order valence-electron chi connectivity index (χ0n) is 19.3. The van der Waals surface area contributed by atoms with Gasteiger partial charge in [-0.25, -0.2) is 19.1 Å². The average Bonchev–Trinajstić information content (AvgIpc) is 3.43. The van der Waals surface area contributed by atoms with Crippen molar-refractivity contribution >= 4 is 22.8 Å². The van der Waals surface area contributed by atoms with Gasteiger partial charge >= 0.3 is 11.8 Å². The van der Waals surface area contributed by atoms with Crippen LogP contribution in [0.2, 0.25) is 0 Å². The molecule has 1 aliphatic rings. The number of pyridine rings is 1. The van der Waals surface area contributed by atoms with E-state index >= 15 is 0 Å². The highest BCUT2D eigenvalue weighted by atomic mass is 16.4. The Morgan fingerprint density at radius 3 is 2.44 bits per heavy atom. The lowest BCUT2D eigenvalue weighted by atomic mass is 9.90. The summed E-state index contributed by atoms with van der Waals surface area (Å²) in [6, 6.07) is 21.0. The predicted molar refractivity (Wildman–Crippen MR) is 135 cm³/mol. The highest BCUT2D eigenvalue weighted by Crippen LogP contribution is 2.35. The van der Waals surface area contributed by atoms with Gasteiger partial charge in [-0.2, -0.15) is 4.99 Å². The Morgan fingerprint density at radius 2 is 1.69 bits per heavy atom. The third-order valence-corrected chi connectivity index (χ3v) is 6.26. The molecule has 8 heteroatoms. The lowest BCUT2D eigenvalue weighted by Crippen LogP contribution is -2.34. The molecule has 0 saturated heterocycles. The van der Waals surface area contributed by atoms with Crippen LogP contribution < -0.4 is 16.6 Å². The molecule has 3 aromatic heterocycles. The second kappa shape index (κ2) is 9.14. The average molecular weight is 479 g/mol. The van der Waals surface area contributed by atoms with E-state index in [4.69, 9.17) is 13.8 Å². The van der Waals surface area contributed by atoms with Crippen molar-refractivity contribution in [1.82, 2.24) is 9.55 Å². The number of carbonyl (C=O) groups excluding carboxylic acids is 1. The quantitative estimate of drug-likeness (QED) is 0.382. The van der Waals surface area contributed by atoms with Crippen molar-refractivity contribution in [3.05, 3.63) is 106 Å². The van der Waals surface area contributed by atoms with Crippen LogP contribution >= 0.6 is 0 Å². The highest BCUT2D eigenvalue weighted by molar-refractivity contribution is 5.94. The van der Waals surface area contributed by atoms with Gasteiger partial charge in [0.1, 0.15) is 5.76 Å². The number of urea groups is 1. The molecule has 2 aromatic carbocycles. The first-order valence-corrected chi connectivity index (χ1v) is 11.8. The third-order valence-electron chi connectivity index (χ3n) is 6.26. The molecule has 0 aliphatic heterocycles. The van der Waals surface area contributed by atoms with Gasteiger partial charge in [0.2, 0.25) is 5.71 Å². The number of anilines is 1. The normalized spacial score (nSPS) is 13.5.